The predicted molar refractivity (Wildman–Crippen MR) is 72.9 cm³/mol. The molecule has 0 heterocycles. The topological polar surface area (TPSA) is 15.3 Å². The molecule has 0 saturated carbocycles. The van der Waals surface area contributed by atoms with Crippen molar-refractivity contribution in [3.63, 3.8) is 0 Å². The standard InChI is InChI=1S/C13H20N2S/c1-10(2)14-12(9-15(3)4)11-7-5-6-8-13(11)16/h5-8,12,14,16H,1,9H2,2-4H3. The second-order valence-corrected chi connectivity index (χ2v) is 4.78. The van der Waals surface area contributed by atoms with Crippen LogP contribution in [0.15, 0.2) is 41.4 Å². The molecule has 1 N–H and O–H groups in total. The van der Waals surface area contributed by atoms with E-state index in [2.05, 4.69) is 49.6 Å². The van der Waals surface area contributed by atoms with Gasteiger partial charge in [-0.3, -0.25) is 0 Å². The summed E-state index contributed by atoms with van der Waals surface area (Å²) in [4.78, 5) is 3.17. The maximum absolute atomic E-state index is 4.49. The minimum Gasteiger partial charge on any atom is -0.381 e. The second kappa shape index (κ2) is 5.97. The molecule has 1 aromatic carbocycles. The quantitative estimate of drug-likeness (QED) is 0.764. The first-order valence-electron chi connectivity index (χ1n) is 5.35. The van der Waals surface area contributed by atoms with Crippen molar-refractivity contribution in [2.75, 3.05) is 20.6 Å². The highest BCUT2D eigenvalue weighted by Gasteiger charge is 2.14. The Kier molecular flexibility index (Phi) is 4.90. The molecule has 0 radical (unpaired) electrons. The summed E-state index contributed by atoms with van der Waals surface area (Å²) in [6.07, 6.45) is 0. The van der Waals surface area contributed by atoms with Gasteiger partial charge in [0.1, 0.15) is 0 Å². The molecule has 88 valence electrons. The molecule has 1 rings (SSSR count). The van der Waals surface area contributed by atoms with E-state index in [4.69, 9.17) is 0 Å². The highest BCUT2D eigenvalue weighted by molar-refractivity contribution is 7.80. The average Bonchev–Trinajstić information content (AvgIpc) is 2.15. The van der Waals surface area contributed by atoms with Gasteiger partial charge >= 0.3 is 0 Å². The maximum Gasteiger partial charge on any atom is 0.0648 e. The van der Waals surface area contributed by atoms with Crippen LogP contribution in [0.25, 0.3) is 0 Å². The van der Waals surface area contributed by atoms with Crippen molar-refractivity contribution in [2.24, 2.45) is 0 Å². The average molecular weight is 236 g/mol. The Morgan fingerprint density at radius 2 is 2.06 bits per heavy atom. The zero-order valence-corrected chi connectivity index (χ0v) is 11.1. The Labute approximate surface area is 104 Å². The minimum atomic E-state index is 0.237. The molecule has 0 aliphatic rings. The highest BCUT2D eigenvalue weighted by Crippen LogP contribution is 2.22. The Balaban J connectivity index is 2.91. The van der Waals surface area contributed by atoms with Crippen molar-refractivity contribution < 1.29 is 0 Å². The van der Waals surface area contributed by atoms with Gasteiger partial charge in [-0.2, -0.15) is 0 Å². The van der Waals surface area contributed by atoms with Gasteiger partial charge in [-0.15, -0.1) is 12.6 Å². The summed E-state index contributed by atoms with van der Waals surface area (Å²) in [5.41, 5.74) is 2.19. The highest BCUT2D eigenvalue weighted by atomic mass is 32.1. The Hall–Kier alpha value is -0.930. The fraction of sp³-hybridized carbons (Fsp3) is 0.385. The van der Waals surface area contributed by atoms with E-state index in [1.165, 1.54) is 5.56 Å². The van der Waals surface area contributed by atoms with Crippen LogP contribution in [0.2, 0.25) is 0 Å². The number of nitrogens with zero attached hydrogens (tertiary/aromatic N) is 1. The molecule has 1 unspecified atom stereocenters. The van der Waals surface area contributed by atoms with Gasteiger partial charge in [0.25, 0.3) is 0 Å². The number of nitrogens with one attached hydrogen (secondary N) is 1. The molecule has 0 fully saturated rings. The van der Waals surface area contributed by atoms with Gasteiger partial charge in [-0.05, 0) is 32.6 Å². The molecule has 0 aromatic heterocycles. The number of hydrogen-bond donors (Lipinski definition) is 2. The molecule has 0 bridgehead atoms. The van der Waals surface area contributed by atoms with Crippen molar-refractivity contribution in [1.82, 2.24) is 10.2 Å². The van der Waals surface area contributed by atoms with Crippen molar-refractivity contribution >= 4 is 12.6 Å². The monoisotopic (exact) mass is 236 g/mol. The summed E-state index contributed by atoms with van der Waals surface area (Å²) in [5.74, 6) is 0. The van der Waals surface area contributed by atoms with Crippen LogP contribution in [0.1, 0.15) is 18.5 Å². The molecule has 0 spiro atoms. The summed E-state index contributed by atoms with van der Waals surface area (Å²) < 4.78 is 0. The van der Waals surface area contributed by atoms with Gasteiger partial charge in [-0.1, -0.05) is 24.8 Å². The fourth-order valence-electron chi connectivity index (χ4n) is 1.67. The van der Waals surface area contributed by atoms with E-state index in [0.29, 0.717) is 0 Å². The normalized spacial score (nSPS) is 12.6. The first-order valence-corrected chi connectivity index (χ1v) is 5.80. The number of thiol groups is 1. The van der Waals surface area contributed by atoms with E-state index in [9.17, 15) is 0 Å². The van der Waals surface area contributed by atoms with E-state index < -0.39 is 0 Å². The Bertz CT molecular complexity index is 361. The van der Waals surface area contributed by atoms with Gasteiger partial charge < -0.3 is 10.2 Å². The lowest BCUT2D eigenvalue weighted by atomic mass is 10.1. The molecule has 0 aliphatic carbocycles. The van der Waals surface area contributed by atoms with E-state index in [1.54, 1.807) is 0 Å². The number of likely N-dealkylation sites (N-methyl/N-ethyl adjacent to an activating group) is 1. The minimum absolute atomic E-state index is 0.237. The molecule has 0 aliphatic heterocycles. The Morgan fingerprint density at radius 1 is 1.44 bits per heavy atom. The summed E-state index contributed by atoms with van der Waals surface area (Å²) in [6.45, 7) is 6.80. The summed E-state index contributed by atoms with van der Waals surface area (Å²) in [7, 11) is 4.13. The maximum atomic E-state index is 4.49. The molecule has 3 heteroatoms. The molecule has 0 amide bonds. The fourth-order valence-corrected chi connectivity index (χ4v) is 1.98. The molecule has 16 heavy (non-hydrogen) atoms. The zero-order chi connectivity index (χ0) is 12.1. The Morgan fingerprint density at radius 3 is 2.56 bits per heavy atom. The number of benzene rings is 1. The molecule has 0 saturated heterocycles. The lowest BCUT2D eigenvalue weighted by molar-refractivity contribution is 0.352. The van der Waals surface area contributed by atoms with Gasteiger partial charge in [-0.25, -0.2) is 0 Å². The largest absolute Gasteiger partial charge is 0.381 e. The van der Waals surface area contributed by atoms with Crippen LogP contribution in [0.5, 0.6) is 0 Å². The van der Waals surface area contributed by atoms with Crippen LogP contribution in [0, 0.1) is 0 Å². The third kappa shape index (κ3) is 3.91. The van der Waals surface area contributed by atoms with Crippen LogP contribution < -0.4 is 5.32 Å². The predicted octanol–water partition coefficient (Wildman–Crippen LogP) is 2.70. The summed E-state index contributed by atoms with van der Waals surface area (Å²) >= 11 is 4.49. The van der Waals surface area contributed by atoms with Crippen LogP contribution in [-0.4, -0.2) is 25.5 Å². The smallest absolute Gasteiger partial charge is 0.0648 e. The third-order valence-corrected chi connectivity index (χ3v) is 2.69. The lowest BCUT2D eigenvalue weighted by Crippen LogP contribution is -2.30. The number of hydrogen-bond acceptors (Lipinski definition) is 3. The van der Waals surface area contributed by atoms with Crippen molar-refractivity contribution in [1.29, 1.82) is 0 Å². The third-order valence-electron chi connectivity index (χ3n) is 2.28. The second-order valence-electron chi connectivity index (χ2n) is 4.30. The van der Waals surface area contributed by atoms with Crippen molar-refractivity contribution in [2.45, 2.75) is 17.9 Å². The van der Waals surface area contributed by atoms with Crippen molar-refractivity contribution in [3.8, 4) is 0 Å². The molecule has 1 atom stereocenters. The van der Waals surface area contributed by atoms with Crippen molar-refractivity contribution in [3.05, 3.63) is 42.1 Å². The van der Waals surface area contributed by atoms with E-state index in [-0.39, 0.29) is 6.04 Å². The van der Waals surface area contributed by atoms with Gasteiger partial charge in [0.15, 0.2) is 0 Å². The van der Waals surface area contributed by atoms with Crippen LogP contribution >= 0.6 is 12.6 Å². The van der Waals surface area contributed by atoms with Crippen LogP contribution in [0.4, 0.5) is 0 Å². The first kappa shape index (κ1) is 13.1. The lowest BCUT2D eigenvalue weighted by Gasteiger charge is -2.24. The molecular formula is C13H20N2S. The first-order chi connectivity index (χ1) is 7.50. The SMILES string of the molecule is C=C(C)NC(CN(C)C)c1ccccc1S. The zero-order valence-electron chi connectivity index (χ0n) is 10.2. The van der Waals surface area contributed by atoms with Crippen LogP contribution in [-0.2, 0) is 0 Å². The van der Waals surface area contributed by atoms with E-state index in [1.807, 2.05) is 25.1 Å². The number of rotatable bonds is 5. The summed E-state index contributed by atoms with van der Waals surface area (Å²) in [6, 6.07) is 8.39. The van der Waals surface area contributed by atoms with Gasteiger partial charge in [0.05, 0.1) is 6.04 Å². The van der Waals surface area contributed by atoms with E-state index in [0.717, 1.165) is 17.1 Å². The van der Waals surface area contributed by atoms with Crippen LogP contribution in [0.3, 0.4) is 0 Å². The van der Waals surface area contributed by atoms with E-state index >= 15 is 0 Å². The molecule has 1 aromatic rings. The molecular weight excluding hydrogens is 216 g/mol. The van der Waals surface area contributed by atoms with Gasteiger partial charge in [0.2, 0.25) is 0 Å². The summed E-state index contributed by atoms with van der Waals surface area (Å²) in [5, 5.41) is 3.38. The van der Waals surface area contributed by atoms with Gasteiger partial charge in [0, 0.05) is 17.1 Å². The molecule has 2 nitrogen and oxygen atoms in total. The number of allylic oxidation sites excluding steroid dienone is 1.